The normalized spacial score (nSPS) is 14.6. The van der Waals surface area contributed by atoms with Crippen molar-refractivity contribution in [2.45, 2.75) is 30.6 Å². The van der Waals surface area contributed by atoms with Crippen molar-refractivity contribution in [1.82, 2.24) is 4.72 Å². The van der Waals surface area contributed by atoms with Gasteiger partial charge in [0.1, 0.15) is 19.0 Å². The van der Waals surface area contributed by atoms with E-state index in [2.05, 4.69) is 15.4 Å². The maximum atomic E-state index is 12.5. The van der Waals surface area contributed by atoms with Crippen molar-refractivity contribution in [2.24, 2.45) is 0 Å². The van der Waals surface area contributed by atoms with Crippen LogP contribution in [0.3, 0.4) is 0 Å². The Bertz CT molecular complexity index is 1150. The summed E-state index contributed by atoms with van der Waals surface area (Å²) in [5.41, 5.74) is 1.09. The highest BCUT2D eigenvalue weighted by molar-refractivity contribution is 7.89. The van der Waals surface area contributed by atoms with Gasteiger partial charge in [0.05, 0.1) is 10.6 Å². The lowest BCUT2D eigenvalue weighted by Crippen LogP contribution is -2.25. The SMILES string of the molecule is O=C(CCCCCNS(=O)(=O)c1ccc2c(c1)OCCO2)Nc1ccc2c(c1)NC(=O)CO2. The number of sulfonamides is 1. The van der Waals surface area contributed by atoms with E-state index in [1.54, 1.807) is 24.3 Å². The number of hydrogen-bond acceptors (Lipinski definition) is 7. The predicted octanol–water partition coefficient (Wildman–Crippen LogP) is 2.27. The average Bonchev–Trinajstić information content (AvgIpc) is 2.80. The quantitative estimate of drug-likeness (QED) is 0.474. The highest BCUT2D eigenvalue weighted by Gasteiger charge is 2.19. The largest absolute Gasteiger partial charge is 0.486 e. The molecule has 0 bridgehead atoms. The number of fused-ring (bicyclic) bond motifs is 2. The van der Waals surface area contributed by atoms with Crippen LogP contribution in [0.15, 0.2) is 41.3 Å². The minimum atomic E-state index is -3.65. The van der Waals surface area contributed by atoms with E-state index in [1.165, 1.54) is 12.1 Å². The van der Waals surface area contributed by atoms with E-state index in [0.717, 1.165) is 0 Å². The highest BCUT2D eigenvalue weighted by Crippen LogP contribution is 2.32. The second kappa shape index (κ2) is 10.1. The van der Waals surface area contributed by atoms with Gasteiger partial charge in [0.15, 0.2) is 18.1 Å². The fourth-order valence-corrected chi connectivity index (χ4v) is 4.54. The molecule has 0 aromatic heterocycles. The first-order chi connectivity index (χ1) is 15.9. The lowest BCUT2D eigenvalue weighted by molar-refractivity contribution is -0.118. The van der Waals surface area contributed by atoms with Gasteiger partial charge in [-0.2, -0.15) is 0 Å². The molecule has 0 unspecified atom stereocenters. The number of unbranched alkanes of at least 4 members (excludes halogenated alkanes) is 2. The second-order valence-corrected chi connectivity index (χ2v) is 9.38. The smallest absolute Gasteiger partial charge is 0.262 e. The Labute approximate surface area is 191 Å². The molecule has 10 nitrogen and oxygen atoms in total. The molecule has 2 amide bonds. The van der Waals surface area contributed by atoms with Crippen molar-refractivity contribution in [3.8, 4) is 17.2 Å². The molecular weight excluding hydrogens is 450 g/mol. The number of ether oxygens (including phenoxy) is 3. The summed E-state index contributed by atoms with van der Waals surface area (Å²) in [5.74, 6) is 1.12. The minimum Gasteiger partial charge on any atom is -0.486 e. The van der Waals surface area contributed by atoms with Crippen molar-refractivity contribution in [1.29, 1.82) is 0 Å². The van der Waals surface area contributed by atoms with Crippen LogP contribution >= 0.6 is 0 Å². The van der Waals surface area contributed by atoms with Crippen LogP contribution in [0.5, 0.6) is 17.2 Å². The molecule has 11 heteroatoms. The molecule has 33 heavy (non-hydrogen) atoms. The summed E-state index contributed by atoms with van der Waals surface area (Å²) in [7, 11) is -3.65. The number of amides is 2. The fraction of sp³-hybridized carbons (Fsp3) is 0.364. The molecule has 2 aliphatic heterocycles. The first-order valence-corrected chi connectivity index (χ1v) is 12.1. The monoisotopic (exact) mass is 475 g/mol. The molecule has 0 saturated heterocycles. The molecule has 0 atom stereocenters. The van der Waals surface area contributed by atoms with Crippen molar-refractivity contribution < 1.29 is 32.2 Å². The maximum Gasteiger partial charge on any atom is 0.262 e. The molecule has 0 saturated carbocycles. The van der Waals surface area contributed by atoms with Gasteiger partial charge < -0.3 is 24.8 Å². The van der Waals surface area contributed by atoms with E-state index in [4.69, 9.17) is 14.2 Å². The summed E-state index contributed by atoms with van der Waals surface area (Å²) in [6.07, 6.45) is 2.20. The second-order valence-electron chi connectivity index (χ2n) is 7.61. The van der Waals surface area contributed by atoms with E-state index >= 15 is 0 Å². The molecule has 4 rings (SSSR count). The molecule has 0 aliphatic carbocycles. The molecule has 3 N–H and O–H groups in total. The van der Waals surface area contributed by atoms with Gasteiger partial charge in [-0.3, -0.25) is 9.59 Å². The molecule has 0 spiro atoms. The number of anilines is 2. The van der Waals surface area contributed by atoms with Crippen molar-refractivity contribution in [2.75, 3.05) is 37.0 Å². The first-order valence-electron chi connectivity index (χ1n) is 10.7. The van der Waals surface area contributed by atoms with Crippen LogP contribution in [0.1, 0.15) is 25.7 Å². The van der Waals surface area contributed by atoms with E-state index in [1.807, 2.05) is 0 Å². The Morgan fingerprint density at radius 1 is 0.939 bits per heavy atom. The summed E-state index contributed by atoms with van der Waals surface area (Å²) in [4.78, 5) is 23.7. The van der Waals surface area contributed by atoms with Crippen LogP contribution in [0.4, 0.5) is 11.4 Å². The average molecular weight is 476 g/mol. The molecule has 0 radical (unpaired) electrons. The number of nitrogens with one attached hydrogen (secondary N) is 3. The molecule has 2 aromatic rings. The van der Waals surface area contributed by atoms with Gasteiger partial charge in [-0.05, 0) is 43.2 Å². The standard InChI is InChI=1S/C22H25N3O7S/c26-21(24-15-5-7-18-17(12-15)25-22(27)14-32-18)4-2-1-3-9-23-33(28,29)16-6-8-19-20(13-16)31-11-10-30-19/h5-8,12-13,23H,1-4,9-11,14H2,(H,24,26)(H,25,27). The number of hydrogen-bond donors (Lipinski definition) is 3. The zero-order valence-electron chi connectivity index (χ0n) is 17.9. The Morgan fingerprint density at radius 3 is 2.58 bits per heavy atom. The molecule has 176 valence electrons. The van der Waals surface area contributed by atoms with Gasteiger partial charge in [0, 0.05) is 24.7 Å². The number of benzene rings is 2. The third-order valence-electron chi connectivity index (χ3n) is 5.09. The van der Waals surface area contributed by atoms with Gasteiger partial charge in [-0.15, -0.1) is 0 Å². The molecule has 0 fully saturated rings. The molecule has 2 aliphatic rings. The zero-order valence-corrected chi connectivity index (χ0v) is 18.7. The summed E-state index contributed by atoms with van der Waals surface area (Å²) in [5, 5.41) is 5.48. The van der Waals surface area contributed by atoms with Crippen LogP contribution in [-0.2, 0) is 19.6 Å². The Kier molecular flexibility index (Phi) is 6.99. The molecular formula is C22H25N3O7S. The third-order valence-corrected chi connectivity index (χ3v) is 6.55. The summed E-state index contributed by atoms with van der Waals surface area (Å²) >= 11 is 0. The Hall–Kier alpha value is -3.31. The minimum absolute atomic E-state index is 0.0223. The maximum absolute atomic E-state index is 12.5. The summed E-state index contributed by atoms with van der Waals surface area (Å²) in [6, 6.07) is 9.58. The van der Waals surface area contributed by atoms with Gasteiger partial charge in [0.2, 0.25) is 15.9 Å². The Balaban J connectivity index is 1.17. The van der Waals surface area contributed by atoms with E-state index in [9.17, 15) is 18.0 Å². The predicted molar refractivity (Wildman–Crippen MR) is 120 cm³/mol. The fourth-order valence-electron chi connectivity index (χ4n) is 3.45. The van der Waals surface area contributed by atoms with Gasteiger partial charge in [-0.1, -0.05) is 6.42 Å². The zero-order chi connectivity index (χ0) is 23.3. The summed E-state index contributed by atoms with van der Waals surface area (Å²) in [6.45, 7) is 1.07. The van der Waals surface area contributed by atoms with Crippen LogP contribution in [-0.4, -0.2) is 46.6 Å². The number of carbonyl (C=O) groups is 2. The van der Waals surface area contributed by atoms with Crippen LogP contribution < -0.4 is 29.6 Å². The lowest BCUT2D eigenvalue weighted by atomic mass is 10.2. The van der Waals surface area contributed by atoms with E-state index < -0.39 is 10.0 Å². The summed E-state index contributed by atoms with van der Waals surface area (Å²) < 4.78 is 43.7. The van der Waals surface area contributed by atoms with Crippen molar-refractivity contribution >= 4 is 33.2 Å². The molecule has 2 aromatic carbocycles. The first kappa shape index (κ1) is 22.9. The van der Waals surface area contributed by atoms with Gasteiger partial charge in [0.25, 0.3) is 5.91 Å². The number of rotatable bonds is 9. The van der Waals surface area contributed by atoms with Crippen LogP contribution in [0.2, 0.25) is 0 Å². The van der Waals surface area contributed by atoms with Crippen LogP contribution in [0, 0.1) is 0 Å². The van der Waals surface area contributed by atoms with Gasteiger partial charge >= 0.3 is 0 Å². The highest BCUT2D eigenvalue weighted by atomic mass is 32.2. The van der Waals surface area contributed by atoms with Crippen molar-refractivity contribution in [3.05, 3.63) is 36.4 Å². The lowest BCUT2D eigenvalue weighted by Gasteiger charge is -2.19. The van der Waals surface area contributed by atoms with E-state index in [0.29, 0.717) is 67.5 Å². The third kappa shape index (κ3) is 5.93. The van der Waals surface area contributed by atoms with Crippen LogP contribution in [0.25, 0.3) is 0 Å². The van der Waals surface area contributed by atoms with Crippen molar-refractivity contribution in [3.63, 3.8) is 0 Å². The topological polar surface area (TPSA) is 132 Å². The molecule has 2 heterocycles. The number of carbonyl (C=O) groups excluding carboxylic acids is 2. The van der Waals surface area contributed by atoms with E-state index in [-0.39, 0.29) is 29.9 Å². The van der Waals surface area contributed by atoms with Gasteiger partial charge in [-0.25, -0.2) is 13.1 Å². The Morgan fingerprint density at radius 2 is 1.73 bits per heavy atom.